The van der Waals surface area contributed by atoms with Crippen LogP contribution in [0.25, 0.3) is 10.4 Å². The third-order valence-electron chi connectivity index (χ3n) is 9.13. The Labute approximate surface area is 258 Å². The van der Waals surface area contributed by atoms with Crippen molar-refractivity contribution >= 4 is 11.8 Å². The van der Waals surface area contributed by atoms with Gasteiger partial charge in [0.15, 0.2) is 12.1 Å². The van der Waals surface area contributed by atoms with Crippen LogP contribution in [0.5, 0.6) is 0 Å². The third kappa shape index (κ3) is 6.77. The van der Waals surface area contributed by atoms with Crippen molar-refractivity contribution in [3.8, 4) is 11.8 Å². The van der Waals surface area contributed by atoms with Gasteiger partial charge in [0.2, 0.25) is 5.91 Å². The van der Waals surface area contributed by atoms with E-state index in [-0.39, 0.29) is 18.5 Å². The molecule has 4 aliphatic rings. The van der Waals surface area contributed by atoms with Crippen molar-refractivity contribution in [3.63, 3.8) is 0 Å². The summed E-state index contributed by atoms with van der Waals surface area (Å²) in [4.78, 5) is 32.9. The van der Waals surface area contributed by atoms with Crippen molar-refractivity contribution < 1.29 is 23.8 Å². The molecule has 2 saturated heterocycles. The number of nitrogens with one attached hydrogen (secondary N) is 1. The molecule has 5 atom stereocenters. The van der Waals surface area contributed by atoms with Crippen molar-refractivity contribution in [1.82, 2.24) is 10.2 Å². The maximum atomic E-state index is 14.3. The summed E-state index contributed by atoms with van der Waals surface area (Å²) in [6.07, 6.45) is 6.93. The summed E-state index contributed by atoms with van der Waals surface area (Å²) in [5.74, 6) is 4.03. The molecule has 6 rings (SSSR count). The molecule has 0 unspecified atom stereocenters. The van der Waals surface area contributed by atoms with Gasteiger partial charge in [0, 0.05) is 41.8 Å². The monoisotopic (exact) mass is 597 g/mol. The number of carbonyl (C=O) groups excluding carboxylic acids is 2. The molecule has 2 aromatic rings. The Hall–Kier alpha value is -3.87. The molecule has 2 aliphatic heterocycles. The maximum Gasteiger partial charge on any atom is 0.299 e. The van der Waals surface area contributed by atoms with Crippen molar-refractivity contribution in [2.75, 3.05) is 0 Å². The van der Waals surface area contributed by atoms with E-state index in [1.807, 2.05) is 60.7 Å². The molecule has 2 aliphatic carbocycles. The molecule has 2 saturated carbocycles. The summed E-state index contributed by atoms with van der Waals surface area (Å²) in [7, 11) is 0. The highest BCUT2D eigenvalue weighted by Crippen LogP contribution is 2.46. The smallest absolute Gasteiger partial charge is 0.299 e. The van der Waals surface area contributed by atoms with E-state index in [2.05, 4.69) is 27.2 Å². The summed E-state index contributed by atoms with van der Waals surface area (Å²) in [6, 6.07) is 16.6. The summed E-state index contributed by atoms with van der Waals surface area (Å²) in [6.45, 7) is 0.107. The fourth-order valence-corrected chi connectivity index (χ4v) is 6.94. The summed E-state index contributed by atoms with van der Waals surface area (Å²) in [5, 5.41) is 7.31. The minimum atomic E-state index is -1.15. The van der Waals surface area contributed by atoms with Crippen molar-refractivity contribution in [3.05, 3.63) is 82.2 Å². The van der Waals surface area contributed by atoms with Gasteiger partial charge in [0.1, 0.15) is 18.2 Å². The number of amides is 2. The van der Waals surface area contributed by atoms with Gasteiger partial charge in [0.05, 0.1) is 6.04 Å². The van der Waals surface area contributed by atoms with Crippen molar-refractivity contribution in [1.29, 1.82) is 0 Å². The Balaban J connectivity index is 1.36. The Bertz CT molecular complexity index is 1410. The molecule has 1 spiro atoms. The zero-order valence-corrected chi connectivity index (χ0v) is 24.8. The molecule has 0 bridgehead atoms. The number of nitrogens with zero attached hydrogens (tertiary/aromatic N) is 4. The highest BCUT2D eigenvalue weighted by atomic mass is 16.8. The second kappa shape index (κ2) is 13.8. The molecule has 0 radical (unpaired) electrons. The summed E-state index contributed by atoms with van der Waals surface area (Å²) < 4.78 is 19.3. The molecular formula is C34H39N5O5. The van der Waals surface area contributed by atoms with Gasteiger partial charge < -0.3 is 24.4 Å². The molecule has 44 heavy (non-hydrogen) atoms. The van der Waals surface area contributed by atoms with Gasteiger partial charge in [-0.1, -0.05) is 85.2 Å². The summed E-state index contributed by atoms with van der Waals surface area (Å²) in [5.41, 5.74) is 11.2. The predicted molar refractivity (Wildman–Crippen MR) is 162 cm³/mol. The number of rotatable bonds is 7. The first kappa shape index (κ1) is 30.2. The quantitative estimate of drug-likeness (QED) is 0.199. The van der Waals surface area contributed by atoms with Crippen LogP contribution in [0.2, 0.25) is 0 Å². The molecule has 1 N–H and O–H groups in total. The van der Waals surface area contributed by atoms with Crippen LogP contribution in [-0.2, 0) is 30.3 Å². The fourth-order valence-electron chi connectivity index (χ4n) is 6.94. The molecular weight excluding hydrogens is 558 g/mol. The largest absolute Gasteiger partial charge is 0.351 e. The average Bonchev–Trinajstić information content (AvgIpc) is 3.55. The highest BCUT2D eigenvalue weighted by Gasteiger charge is 2.60. The van der Waals surface area contributed by atoms with E-state index in [1.165, 1.54) is 4.90 Å². The van der Waals surface area contributed by atoms with E-state index in [9.17, 15) is 15.1 Å². The lowest BCUT2D eigenvalue weighted by Crippen LogP contribution is -2.59. The van der Waals surface area contributed by atoms with E-state index in [4.69, 9.17) is 14.2 Å². The molecule has 2 amide bonds. The Morgan fingerprint density at radius 3 is 2.36 bits per heavy atom. The van der Waals surface area contributed by atoms with Crippen LogP contribution in [-0.4, -0.2) is 59.1 Å². The van der Waals surface area contributed by atoms with Gasteiger partial charge in [-0.2, -0.15) is 0 Å². The number of azide groups is 1. The molecule has 230 valence electrons. The number of hydrogen-bond acceptors (Lipinski definition) is 6. The van der Waals surface area contributed by atoms with Gasteiger partial charge >= 0.3 is 0 Å². The Kier molecular flexibility index (Phi) is 9.48. The zero-order valence-electron chi connectivity index (χ0n) is 24.8. The van der Waals surface area contributed by atoms with E-state index in [0.717, 1.165) is 69.8 Å². The number of ether oxygens (including phenoxy) is 3. The third-order valence-corrected chi connectivity index (χ3v) is 9.13. The minimum Gasteiger partial charge on any atom is -0.351 e. The van der Waals surface area contributed by atoms with Gasteiger partial charge in [-0.15, -0.1) is 0 Å². The van der Waals surface area contributed by atoms with E-state index >= 15 is 0 Å². The first-order valence-corrected chi connectivity index (χ1v) is 15.8. The SMILES string of the molecule is [N-]=[N+]=N[C@@H]1[C@H]2OC3(CCCCC3)O[C@H]2O[C@@H]1[C@H](C(=O)NC1CCCCC1)N(Cc1ccccc1)C(=O)C#Cc1ccccc1. The van der Waals surface area contributed by atoms with E-state index in [0.29, 0.717) is 5.56 Å². The molecule has 0 aromatic heterocycles. The van der Waals surface area contributed by atoms with E-state index < -0.39 is 42.3 Å². The predicted octanol–water partition coefficient (Wildman–Crippen LogP) is 5.36. The van der Waals surface area contributed by atoms with Crippen molar-refractivity contribution in [2.45, 2.75) is 113 Å². The molecule has 2 aromatic carbocycles. The van der Waals surface area contributed by atoms with Crippen LogP contribution in [0, 0.1) is 11.8 Å². The van der Waals surface area contributed by atoms with Crippen LogP contribution in [0.1, 0.15) is 75.3 Å². The number of benzene rings is 2. The Morgan fingerprint density at radius 1 is 0.977 bits per heavy atom. The van der Waals surface area contributed by atoms with Crippen molar-refractivity contribution in [2.24, 2.45) is 5.11 Å². The number of hydrogen-bond donors (Lipinski definition) is 1. The highest BCUT2D eigenvalue weighted by molar-refractivity contribution is 5.98. The average molecular weight is 598 g/mol. The zero-order chi connectivity index (χ0) is 30.4. The van der Waals surface area contributed by atoms with Gasteiger partial charge in [0.25, 0.3) is 5.91 Å². The lowest BCUT2D eigenvalue weighted by atomic mass is 9.93. The maximum absolute atomic E-state index is 14.3. The lowest BCUT2D eigenvalue weighted by Gasteiger charge is -2.38. The van der Waals surface area contributed by atoms with Gasteiger partial charge in [-0.25, -0.2) is 0 Å². The first-order valence-electron chi connectivity index (χ1n) is 15.8. The number of fused-ring (bicyclic) bond motifs is 1. The molecule has 10 heteroatoms. The normalized spacial score (nSPS) is 26.5. The lowest BCUT2D eigenvalue weighted by molar-refractivity contribution is -0.242. The minimum absolute atomic E-state index is 0.0142. The van der Waals surface area contributed by atoms with Gasteiger partial charge in [-0.05, 0) is 48.9 Å². The second-order valence-electron chi connectivity index (χ2n) is 12.2. The summed E-state index contributed by atoms with van der Waals surface area (Å²) >= 11 is 0. The Morgan fingerprint density at radius 2 is 1.66 bits per heavy atom. The molecule has 2 heterocycles. The second-order valence-corrected chi connectivity index (χ2v) is 12.2. The standard InChI is InChI=1S/C34H39N5O5/c35-38-37-28-30(42-33-31(28)43-34(44-33)21-11-4-12-22-34)29(32(41)36-26-17-9-3-10-18-26)39(23-25-15-7-2-8-16-25)27(40)20-19-24-13-5-1-6-14-24/h1-2,5-8,13-16,26,28-31,33H,3-4,9-12,17-18,21-23H2,(H,36,41)/t28-,29+,30-,31+,33+/m0/s1. The van der Waals surface area contributed by atoms with Crippen LogP contribution >= 0.6 is 0 Å². The number of carbonyl (C=O) groups is 2. The van der Waals surface area contributed by atoms with Crippen LogP contribution in [0.4, 0.5) is 0 Å². The first-order chi connectivity index (χ1) is 21.5. The molecule has 10 nitrogen and oxygen atoms in total. The van der Waals surface area contributed by atoms with Crippen LogP contribution in [0.3, 0.4) is 0 Å². The van der Waals surface area contributed by atoms with Gasteiger partial charge in [-0.3, -0.25) is 9.59 Å². The topological polar surface area (TPSA) is 126 Å². The van der Waals surface area contributed by atoms with Crippen LogP contribution < -0.4 is 5.32 Å². The van der Waals surface area contributed by atoms with Crippen LogP contribution in [0.15, 0.2) is 65.8 Å². The fraction of sp³-hybridized carbons (Fsp3) is 0.529. The molecule has 4 fully saturated rings. The van der Waals surface area contributed by atoms with E-state index in [1.54, 1.807) is 0 Å².